The van der Waals surface area contributed by atoms with Crippen molar-refractivity contribution in [1.82, 2.24) is 0 Å². The maximum atomic E-state index is 10.1. The second-order valence-electron chi connectivity index (χ2n) is 1.39. The molecule has 10 heavy (non-hydrogen) atoms. The molecule has 0 aliphatic heterocycles. The van der Waals surface area contributed by atoms with Gasteiger partial charge in [-0.3, -0.25) is 0 Å². The number of hydrogen-bond acceptors (Lipinski definition) is 5. The maximum absolute atomic E-state index is 10.1. The first-order valence-electron chi connectivity index (χ1n) is 1.83. The van der Waals surface area contributed by atoms with Crippen molar-refractivity contribution in [3.05, 3.63) is 0 Å². The van der Waals surface area contributed by atoms with Gasteiger partial charge >= 0.3 is 19.9 Å². The Morgan fingerprint density at radius 2 is 1.60 bits per heavy atom. The highest BCUT2D eigenvalue weighted by atomic mass is 32.1. The van der Waals surface area contributed by atoms with Crippen molar-refractivity contribution in [3.63, 3.8) is 0 Å². The highest BCUT2D eigenvalue weighted by molar-refractivity contribution is 8.17. The Labute approximate surface area is 61.9 Å². The Hall–Kier alpha value is 0.550. The molecule has 0 unspecified atom stereocenters. The van der Waals surface area contributed by atoms with Crippen LogP contribution in [0.3, 0.4) is 0 Å². The van der Waals surface area contributed by atoms with E-state index in [1.807, 2.05) is 0 Å². The summed E-state index contributed by atoms with van der Waals surface area (Å²) in [6.07, 6.45) is 0. The van der Waals surface area contributed by atoms with Gasteiger partial charge in [-0.15, -0.1) is 0 Å². The van der Waals surface area contributed by atoms with Crippen molar-refractivity contribution in [3.8, 4) is 0 Å². The van der Waals surface area contributed by atoms with E-state index in [1.165, 1.54) is 0 Å². The molecule has 0 aliphatic rings. The van der Waals surface area contributed by atoms with E-state index in [0.717, 1.165) is 0 Å². The van der Waals surface area contributed by atoms with Crippen LogP contribution in [0.15, 0.2) is 0 Å². The molecule has 0 aliphatic carbocycles. The zero-order chi connectivity index (χ0) is 8.58. The normalized spacial score (nSPS) is 13.3. The fourth-order valence-corrected chi connectivity index (χ4v) is 1.57. The number of hydrogen-bond donors (Lipinski definition) is 5. The molecule has 0 atom stereocenters. The quantitative estimate of drug-likeness (QED) is 0.296. The SMILES string of the molecule is O=P(O)(O)C(=S)[P+](O)(O)O. The first-order chi connectivity index (χ1) is 4.15. The van der Waals surface area contributed by atoms with Crippen LogP contribution in [0.1, 0.15) is 0 Å². The summed E-state index contributed by atoms with van der Waals surface area (Å²) in [6.45, 7) is 0. The van der Waals surface area contributed by atoms with Crippen LogP contribution in [0.4, 0.5) is 0 Å². The first kappa shape index (κ1) is 10.6. The van der Waals surface area contributed by atoms with Gasteiger partial charge in [-0.1, -0.05) is 0 Å². The molecule has 0 aromatic rings. The minimum Gasteiger partial charge on any atom is -0.318 e. The van der Waals surface area contributed by atoms with Gasteiger partial charge in [0.25, 0.3) is 0 Å². The minimum absolute atomic E-state index is 1.40. The third kappa shape index (κ3) is 3.09. The molecule has 0 rings (SSSR count). The third-order valence-electron chi connectivity index (χ3n) is 0.506. The summed E-state index contributed by atoms with van der Waals surface area (Å²) >= 11 is 3.86. The van der Waals surface area contributed by atoms with E-state index in [2.05, 4.69) is 12.2 Å². The fraction of sp³-hybridized carbons (Fsp3) is 0. The Morgan fingerprint density at radius 3 is 1.60 bits per heavy atom. The molecule has 0 saturated heterocycles. The lowest BCUT2D eigenvalue weighted by atomic mass is 11.9. The van der Waals surface area contributed by atoms with E-state index < -0.39 is 19.9 Å². The molecule has 0 aromatic heterocycles. The van der Waals surface area contributed by atoms with Crippen molar-refractivity contribution in [2.24, 2.45) is 0 Å². The summed E-state index contributed by atoms with van der Waals surface area (Å²) in [6, 6.07) is 0. The Kier molecular flexibility index (Phi) is 3.05. The van der Waals surface area contributed by atoms with Gasteiger partial charge in [0.1, 0.15) is 0 Å². The predicted molar refractivity (Wildman–Crippen MR) is 38.2 cm³/mol. The monoisotopic (exact) mass is 207 g/mol. The van der Waals surface area contributed by atoms with Crippen LogP contribution in [0.2, 0.25) is 0 Å². The second kappa shape index (κ2) is 2.89. The molecule has 0 bridgehead atoms. The summed E-state index contributed by atoms with van der Waals surface area (Å²) in [4.78, 5) is 40.9. The molecule has 6 nitrogen and oxygen atoms in total. The van der Waals surface area contributed by atoms with E-state index in [4.69, 9.17) is 24.5 Å². The van der Waals surface area contributed by atoms with Gasteiger partial charge in [0.05, 0.1) is 0 Å². The van der Waals surface area contributed by atoms with Crippen LogP contribution in [0.5, 0.6) is 0 Å². The average molecular weight is 207 g/mol. The van der Waals surface area contributed by atoms with Crippen molar-refractivity contribution >= 4 is 32.1 Å². The standard InChI is InChI=1S/CH4O6P2S/c2-8(3,4)1(10)9(5,6)7/h2-4H,(H-,5,6,7)/p+1. The molecule has 5 N–H and O–H groups in total. The Bertz CT molecular complexity index is 186. The van der Waals surface area contributed by atoms with Crippen molar-refractivity contribution in [1.29, 1.82) is 0 Å². The summed E-state index contributed by atoms with van der Waals surface area (Å²) in [5, 5.41) is 0. The van der Waals surface area contributed by atoms with E-state index in [-0.39, 0.29) is 0 Å². The molecule has 0 heterocycles. The molecule has 0 aromatic carbocycles. The van der Waals surface area contributed by atoms with E-state index in [9.17, 15) is 4.57 Å². The minimum atomic E-state index is -4.85. The van der Waals surface area contributed by atoms with Crippen LogP contribution < -0.4 is 0 Å². The van der Waals surface area contributed by atoms with E-state index in [0.29, 0.717) is 0 Å². The lowest BCUT2D eigenvalue weighted by Gasteiger charge is -2.04. The van der Waals surface area contributed by atoms with Gasteiger partial charge in [0, 0.05) is 0 Å². The molecule has 0 amide bonds. The largest absolute Gasteiger partial charge is 0.461 e. The molecular formula is CH5O6P2S+. The van der Waals surface area contributed by atoms with E-state index >= 15 is 0 Å². The topological polar surface area (TPSA) is 118 Å². The highest BCUT2D eigenvalue weighted by Gasteiger charge is 2.49. The Morgan fingerprint density at radius 1 is 1.30 bits per heavy atom. The van der Waals surface area contributed by atoms with Crippen LogP contribution in [0, 0.1) is 0 Å². The summed E-state index contributed by atoms with van der Waals surface area (Å²) in [7, 11) is -9.51. The zero-order valence-electron chi connectivity index (χ0n) is 4.45. The van der Waals surface area contributed by atoms with Gasteiger partial charge in [-0.05, 0) is 12.2 Å². The van der Waals surface area contributed by atoms with Crippen LogP contribution >= 0.6 is 27.8 Å². The molecular weight excluding hydrogens is 202 g/mol. The fourth-order valence-electron chi connectivity index (χ4n) is 0.175. The van der Waals surface area contributed by atoms with Crippen LogP contribution in [-0.4, -0.2) is 28.8 Å². The molecule has 60 valence electrons. The molecule has 0 fully saturated rings. The zero-order valence-corrected chi connectivity index (χ0v) is 7.05. The smallest absolute Gasteiger partial charge is 0.318 e. The van der Waals surface area contributed by atoms with Gasteiger partial charge in [-0.2, -0.15) is 14.7 Å². The lowest BCUT2D eigenvalue weighted by Crippen LogP contribution is -2.02. The maximum Gasteiger partial charge on any atom is 0.461 e. The molecule has 9 heteroatoms. The number of rotatable bonds is 2. The van der Waals surface area contributed by atoms with Gasteiger partial charge in [0.15, 0.2) is 0 Å². The summed E-state index contributed by atoms with van der Waals surface area (Å²) in [5.74, 6) is 0. The van der Waals surface area contributed by atoms with Crippen molar-refractivity contribution in [2.45, 2.75) is 0 Å². The predicted octanol–water partition coefficient (Wildman–Crippen LogP) is -0.812. The van der Waals surface area contributed by atoms with Crippen LogP contribution in [-0.2, 0) is 4.57 Å². The Balaban J connectivity index is 4.57. The van der Waals surface area contributed by atoms with Crippen LogP contribution in [0.25, 0.3) is 0 Å². The molecule has 0 radical (unpaired) electrons. The summed E-state index contributed by atoms with van der Waals surface area (Å²) < 4.78 is 8.68. The van der Waals surface area contributed by atoms with E-state index in [1.54, 1.807) is 0 Å². The average Bonchev–Trinajstić information content (AvgIpc) is 1.59. The summed E-state index contributed by atoms with van der Waals surface area (Å²) in [5.41, 5.74) is 0. The van der Waals surface area contributed by atoms with Gasteiger partial charge < -0.3 is 9.79 Å². The van der Waals surface area contributed by atoms with Gasteiger partial charge in [0.2, 0.25) is 0 Å². The third-order valence-corrected chi connectivity index (χ3v) is 4.55. The highest BCUT2D eigenvalue weighted by Crippen LogP contribution is 2.60. The second-order valence-corrected chi connectivity index (χ2v) is 5.88. The lowest BCUT2D eigenvalue weighted by molar-refractivity contribution is 0.350. The van der Waals surface area contributed by atoms with Crippen molar-refractivity contribution in [2.75, 3.05) is 0 Å². The number of thiocarbonyl (C=S) groups is 1. The van der Waals surface area contributed by atoms with Crippen molar-refractivity contribution < 1.29 is 29.0 Å². The molecule has 0 spiro atoms. The molecule has 0 saturated carbocycles. The first-order valence-corrected chi connectivity index (χ1v) is 5.50. The van der Waals surface area contributed by atoms with Gasteiger partial charge in [-0.25, -0.2) is 4.57 Å².